The molecule has 1 aromatic carbocycles. The lowest BCUT2D eigenvalue weighted by Gasteiger charge is -2.29. The third-order valence-electron chi connectivity index (χ3n) is 4.42. The number of hydrogen-bond acceptors (Lipinski definition) is 4. The fourth-order valence-electron chi connectivity index (χ4n) is 3.01. The van der Waals surface area contributed by atoms with Gasteiger partial charge in [-0.15, -0.1) is 0 Å². The minimum absolute atomic E-state index is 0.332. The molecule has 0 amide bonds. The Hall–Kier alpha value is -2.66. The molecule has 2 aromatic heterocycles. The number of Topliss-reactive ketones (excluding diaryl/α,β-unsaturated/α-hetero) is 1. The maximum absolute atomic E-state index is 12.6. The molecule has 1 N–H and O–H groups in total. The van der Waals surface area contributed by atoms with Crippen molar-refractivity contribution in [3.8, 4) is 5.75 Å². The molecule has 0 saturated carbocycles. The maximum atomic E-state index is 12.6. The summed E-state index contributed by atoms with van der Waals surface area (Å²) in [4.78, 5) is 17.1. The van der Waals surface area contributed by atoms with Crippen LogP contribution in [-0.2, 0) is 0 Å². The SMILES string of the molecule is Cc1nc2c3c(ccn2c1C)C(=O)C(O)[C@@H](c1ccccc1)O3. The molecule has 1 aliphatic heterocycles. The van der Waals surface area contributed by atoms with E-state index in [1.807, 2.05) is 48.6 Å². The van der Waals surface area contributed by atoms with Gasteiger partial charge in [0.25, 0.3) is 0 Å². The van der Waals surface area contributed by atoms with Crippen molar-refractivity contribution in [3.05, 3.63) is 65.1 Å². The van der Waals surface area contributed by atoms with E-state index in [0.29, 0.717) is 17.0 Å². The number of aliphatic hydroxyl groups is 1. The van der Waals surface area contributed by atoms with Crippen molar-refractivity contribution < 1.29 is 14.6 Å². The van der Waals surface area contributed by atoms with Crippen LogP contribution in [-0.4, -0.2) is 26.4 Å². The number of carbonyl (C=O) groups is 1. The van der Waals surface area contributed by atoms with Gasteiger partial charge in [-0.1, -0.05) is 30.3 Å². The molecule has 1 unspecified atom stereocenters. The third kappa shape index (κ3) is 1.97. The van der Waals surface area contributed by atoms with Gasteiger partial charge in [0.15, 0.2) is 29.4 Å². The van der Waals surface area contributed by atoms with Gasteiger partial charge in [-0.05, 0) is 25.5 Å². The van der Waals surface area contributed by atoms with Crippen LogP contribution in [0.5, 0.6) is 5.75 Å². The topological polar surface area (TPSA) is 63.8 Å². The number of fused-ring (bicyclic) bond motifs is 3. The van der Waals surface area contributed by atoms with E-state index in [9.17, 15) is 9.90 Å². The Balaban J connectivity index is 1.92. The molecular formula is C18H16N2O3. The molecule has 23 heavy (non-hydrogen) atoms. The molecule has 0 aliphatic carbocycles. The van der Waals surface area contributed by atoms with Gasteiger partial charge in [0.05, 0.1) is 11.3 Å². The number of ether oxygens (including phenoxy) is 1. The highest BCUT2D eigenvalue weighted by molar-refractivity contribution is 6.04. The lowest BCUT2D eigenvalue weighted by Crippen LogP contribution is -2.36. The fraction of sp³-hybridized carbons (Fsp3) is 0.222. The number of aromatic nitrogens is 2. The lowest BCUT2D eigenvalue weighted by molar-refractivity contribution is 0.0221. The highest BCUT2D eigenvalue weighted by atomic mass is 16.5. The largest absolute Gasteiger partial charge is 0.478 e. The molecule has 0 spiro atoms. The van der Waals surface area contributed by atoms with E-state index in [-0.39, 0.29) is 5.78 Å². The Bertz CT molecular complexity index is 915. The van der Waals surface area contributed by atoms with Crippen molar-refractivity contribution in [1.82, 2.24) is 9.38 Å². The van der Waals surface area contributed by atoms with Gasteiger partial charge in [-0.2, -0.15) is 0 Å². The van der Waals surface area contributed by atoms with Crippen LogP contribution in [0.3, 0.4) is 0 Å². The van der Waals surface area contributed by atoms with Gasteiger partial charge in [0.1, 0.15) is 0 Å². The molecule has 3 aromatic rings. The normalized spacial score (nSPS) is 20.4. The van der Waals surface area contributed by atoms with Gasteiger partial charge in [-0.3, -0.25) is 4.79 Å². The van der Waals surface area contributed by atoms with Crippen LogP contribution in [0.2, 0.25) is 0 Å². The second-order valence-corrected chi connectivity index (χ2v) is 5.79. The smallest absolute Gasteiger partial charge is 0.199 e. The number of rotatable bonds is 1. The van der Waals surface area contributed by atoms with Gasteiger partial charge < -0.3 is 14.2 Å². The van der Waals surface area contributed by atoms with E-state index in [0.717, 1.165) is 17.0 Å². The molecule has 5 nitrogen and oxygen atoms in total. The van der Waals surface area contributed by atoms with E-state index in [1.54, 1.807) is 12.3 Å². The Labute approximate surface area is 133 Å². The average molecular weight is 308 g/mol. The van der Waals surface area contributed by atoms with Crippen molar-refractivity contribution >= 4 is 11.4 Å². The van der Waals surface area contributed by atoms with Crippen molar-refractivity contribution in [2.24, 2.45) is 0 Å². The number of hydrogen-bond donors (Lipinski definition) is 1. The highest BCUT2D eigenvalue weighted by Gasteiger charge is 2.38. The van der Waals surface area contributed by atoms with Crippen LogP contribution in [0.25, 0.3) is 5.65 Å². The summed E-state index contributed by atoms with van der Waals surface area (Å²) in [6.07, 6.45) is -0.149. The first-order chi connectivity index (χ1) is 11.1. The van der Waals surface area contributed by atoms with Crippen molar-refractivity contribution in [3.63, 3.8) is 0 Å². The summed E-state index contributed by atoms with van der Waals surface area (Å²) in [5, 5.41) is 10.4. The zero-order chi connectivity index (χ0) is 16.1. The minimum Gasteiger partial charge on any atom is -0.478 e. The van der Waals surface area contributed by atoms with E-state index >= 15 is 0 Å². The minimum atomic E-state index is -1.22. The average Bonchev–Trinajstić information content (AvgIpc) is 2.86. The van der Waals surface area contributed by atoms with Crippen LogP contribution >= 0.6 is 0 Å². The van der Waals surface area contributed by atoms with Crippen LogP contribution in [0.4, 0.5) is 0 Å². The third-order valence-corrected chi connectivity index (χ3v) is 4.42. The van der Waals surface area contributed by atoms with Crippen LogP contribution in [0.15, 0.2) is 42.6 Å². The van der Waals surface area contributed by atoms with Gasteiger partial charge in [0.2, 0.25) is 0 Å². The Morgan fingerprint density at radius 2 is 1.91 bits per heavy atom. The van der Waals surface area contributed by atoms with Gasteiger partial charge in [-0.25, -0.2) is 4.98 Å². The highest BCUT2D eigenvalue weighted by Crippen LogP contribution is 2.38. The maximum Gasteiger partial charge on any atom is 0.199 e. The first-order valence-electron chi connectivity index (χ1n) is 7.50. The second kappa shape index (κ2) is 4.93. The number of imidazole rings is 1. The summed E-state index contributed by atoms with van der Waals surface area (Å²) >= 11 is 0. The first kappa shape index (κ1) is 14.0. The van der Waals surface area contributed by atoms with Crippen LogP contribution in [0, 0.1) is 13.8 Å². The Morgan fingerprint density at radius 3 is 2.65 bits per heavy atom. The summed E-state index contributed by atoms with van der Waals surface area (Å²) in [7, 11) is 0. The van der Waals surface area contributed by atoms with Crippen molar-refractivity contribution in [2.75, 3.05) is 0 Å². The number of ketones is 1. The zero-order valence-corrected chi connectivity index (χ0v) is 12.9. The first-order valence-corrected chi connectivity index (χ1v) is 7.50. The van der Waals surface area contributed by atoms with Crippen molar-refractivity contribution in [1.29, 1.82) is 0 Å². The molecule has 4 rings (SSSR count). The van der Waals surface area contributed by atoms with E-state index < -0.39 is 12.2 Å². The number of pyridine rings is 1. The predicted molar refractivity (Wildman–Crippen MR) is 84.8 cm³/mol. The van der Waals surface area contributed by atoms with Gasteiger partial charge in [0, 0.05) is 11.9 Å². The molecule has 1 aliphatic rings. The van der Waals surface area contributed by atoms with Crippen LogP contribution < -0.4 is 4.74 Å². The Morgan fingerprint density at radius 1 is 1.17 bits per heavy atom. The summed E-state index contributed by atoms with van der Waals surface area (Å²) in [6.45, 7) is 3.89. The molecular weight excluding hydrogens is 292 g/mol. The number of aliphatic hydroxyl groups excluding tert-OH is 1. The number of nitrogens with zero attached hydrogens (tertiary/aromatic N) is 2. The van der Waals surface area contributed by atoms with Crippen molar-refractivity contribution in [2.45, 2.75) is 26.1 Å². The number of carbonyl (C=O) groups excluding carboxylic acids is 1. The molecule has 2 atom stereocenters. The monoisotopic (exact) mass is 308 g/mol. The van der Waals surface area contributed by atoms with E-state index in [2.05, 4.69) is 4.98 Å². The molecule has 0 saturated heterocycles. The molecule has 0 radical (unpaired) electrons. The molecule has 0 bridgehead atoms. The standard InChI is InChI=1S/C18H16N2O3/c1-10-11(2)20-9-8-13-14(21)15(22)16(12-6-4-3-5-7-12)23-17(13)18(20)19-10/h3-9,15-16,22H,1-2H3/t15?,16-/m1/s1. The number of benzene rings is 1. The molecule has 3 heterocycles. The summed E-state index contributed by atoms with van der Waals surface area (Å²) in [5.41, 5.74) is 3.64. The van der Waals surface area contributed by atoms with E-state index in [1.165, 1.54) is 0 Å². The summed E-state index contributed by atoms with van der Waals surface area (Å²) in [6, 6.07) is 11.0. The molecule has 116 valence electrons. The lowest BCUT2D eigenvalue weighted by atomic mass is 9.94. The number of aryl methyl sites for hydroxylation is 2. The molecule has 0 fully saturated rings. The quantitative estimate of drug-likeness (QED) is 0.750. The summed E-state index contributed by atoms with van der Waals surface area (Å²) < 4.78 is 7.93. The van der Waals surface area contributed by atoms with Gasteiger partial charge >= 0.3 is 0 Å². The molecule has 5 heteroatoms. The second-order valence-electron chi connectivity index (χ2n) is 5.79. The Kier molecular flexibility index (Phi) is 2.99. The summed E-state index contributed by atoms with van der Waals surface area (Å²) in [5.74, 6) is 0.105. The van der Waals surface area contributed by atoms with E-state index in [4.69, 9.17) is 4.74 Å². The zero-order valence-electron chi connectivity index (χ0n) is 12.9. The van der Waals surface area contributed by atoms with Crippen LogP contribution in [0.1, 0.15) is 33.4 Å². The predicted octanol–water partition coefficient (Wildman–Crippen LogP) is 2.63. The fourth-order valence-corrected chi connectivity index (χ4v) is 3.01.